The molecule has 0 aliphatic carbocycles. The Bertz CT molecular complexity index is 688. The molecule has 1 aromatic heterocycles. The highest BCUT2D eigenvalue weighted by Gasteiger charge is 2.31. The molecule has 1 saturated heterocycles. The largest absolute Gasteiger partial charge is 0.315 e. The summed E-state index contributed by atoms with van der Waals surface area (Å²) in [7, 11) is -4.99. The van der Waals surface area contributed by atoms with Crippen LogP contribution in [-0.2, 0) is 26.6 Å². The molecule has 0 radical (unpaired) electrons. The third-order valence-electron chi connectivity index (χ3n) is 3.29. The fraction of sp³-hybridized carbons (Fsp3) is 0.636. The van der Waals surface area contributed by atoms with E-state index in [0.717, 1.165) is 11.1 Å². The lowest BCUT2D eigenvalue weighted by Gasteiger charge is -2.32. The van der Waals surface area contributed by atoms with Crippen molar-refractivity contribution in [1.82, 2.24) is 13.9 Å². The van der Waals surface area contributed by atoms with Crippen LogP contribution < -0.4 is 5.32 Å². The fourth-order valence-corrected chi connectivity index (χ4v) is 5.68. The summed E-state index contributed by atoms with van der Waals surface area (Å²) in [6.07, 6.45) is 1.14. The van der Waals surface area contributed by atoms with Gasteiger partial charge in [0.2, 0.25) is 20.0 Å². The van der Waals surface area contributed by atoms with Crippen molar-refractivity contribution in [2.75, 3.05) is 39.5 Å². The lowest BCUT2D eigenvalue weighted by molar-refractivity contribution is 0.274. The summed E-state index contributed by atoms with van der Waals surface area (Å²) in [5.41, 5.74) is 0. The molecule has 0 saturated carbocycles. The molecule has 0 amide bonds. The highest BCUT2D eigenvalue weighted by atomic mass is 32.2. The van der Waals surface area contributed by atoms with Crippen LogP contribution in [0.4, 0.5) is 0 Å². The molecule has 1 aliphatic heterocycles. The SMILES string of the molecule is CNCc1cc(S(=O)(=O)N2CCN(S(C)(=O)=O)CC2)cs1. The minimum absolute atomic E-state index is 0.187. The molecule has 1 fully saturated rings. The molecular formula is C11H19N3O4S3. The molecule has 1 aromatic rings. The zero-order chi connectivity index (χ0) is 15.7. The van der Waals surface area contributed by atoms with Crippen molar-refractivity contribution in [1.29, 1.82) is 0 Å². The van der Waals surface area contributed by atoms with E-state index in [1.54, 1.807) is 18.5 Å². The summed E-state index contributed by atoms with van der Waals surface area (Å²) in [5.74, 6) is 0. The molecule has 1 N–H and O–H groups in total. The first-order valence-corrected chi connectivity index (χ1v) is 10.6. The monoisotopic (exact) mass is 353 g/mol. The average molecular weight is 353 g/mol. The summed E-state index contributed by atoms with van der Waals surface area (Å²) in [4.78, 5) is 1.23. The van der Waals surface area contributed by atoms with Gasteiger partial charge in [0.25, 0.3) is 0 Å². The quantitative estimate of drug-likeness (QED) is 0.788. The normalized spacial score (nSPS) is 19.0. The van der Waals surface area contributed by atoms with Crippen molar-refractivity contribution >= 4 is 31.4 Å². The van der Waals surface area contributed by atoms with Crippen LogP contribution >= 0.6 is 11.3 Å². The molecule has 21 heavy (non-hydrogen) atoms. The van der Waals surface area contributed by atoms with Gasteiger partial charge < -0.3 is 5.32 Å². The van der Waals surface area contributed by atoms with Gasteiger partial charge in [-0.05, 0) is 13.1 Å². The van der Waals surface area contributed by atoms with Crippen LogP contribution in [-0.4, -0.2) is 64.9 Å². The van der Waals surface area contributed by atoms with E-state index in [9.17, 15) is 16.8 Å². The van der Waals surface area contributed by atoms with Gasteiger partial charge in [0.05, 0.1) is 11.2 Å². The number of sulfonamides is 2. The predicted molar refractivity (Wildman–Crippen MR) is 82.3 cm³/mol. The first-order chi connectivity index (χ1) is 9.75. The first kappa shape index (κ1) is 16.8. The minimum atomic E-state index is -3.53. The van der Waals surface area contributed by atoms with E-state index in [-0.39, 0.29) is 31.1 Å². The van der Waals surface area contributed by atoms with E-state index >= 15 is 0 Å². The molecule has 0 aromatic carbocycles. The van der Waals surface area contributed by atoms with Crippen LogP contribution in [0.5, 0.6) is 0 Å². The van der Waals surface area contributed by atoms with Crippen LogP contribution in [0.2, 0.25) is 0 Å². The number of hydrogen-bond donors (Lipinski definition) is 1. The third-order valence-corrected chi connectivity index (χ3v) is 7.55. The van der Waals surface area contributed by atoms with Crippen molar-refractivity contribution in [3.63, 3.8) is 0 Å². The Balaban J connectivity index is 2.11. The molecule has 7 nitrogen and oxygen atoms in total. The predicted octanol–water partition coefficient (Wildman–Crippen LogP) is -0.267. The van der Waals surface area contributed by atoms with Crippen LogP contribution in [0.25, 0.3) is 0 Å². The van der Waals surface area contributed by atoms with Gasteiger partial charge in [0, 0.05) is 43.0 Å². The first-order valence-electron chi connectivity index (χ1n) is 6.42. The zero-order valence-corrected chi connectivity index (χ0v) is 14.4. The molecule has 120 valence electrons. The van der Waals surface area contributed by atoms with Crippen LogP contribution in [0, 0.1) is 0 Å². The summed E-state index contributed by atoms with van der Waals surface area (Å²) in [6, 6.07) is 1.67. The number of nitrogens with one attached hydrogen (secondary N) is 1. The van der Waals surface area contributed by atoms with Gasteiger partial charge in [0.1, 0.15) is 0 Å². The van der Waals surface area contributed by atoms with Gasteiger partial charge in [-0.1, -0.05) is 0 Å². The van der Waals surface area contributed by atoms with Gasteiger partial charge in [-0.3, -0.25) is 0 Å². The number of rotatable bonds is 5. The Morgan fingerprint density at radius 2 is 1.71 bits per heavy atom. The van der Waals surface area contributed by atoms with Crippen molar-refractivity contribution in [2.24, 2.45) is 0 Å². The smallest absolute Gasteiger partial charge is 0.243 e. The zero-order valence-electron chi connectivity index (χ0n) is 11.9. The van der Waals surface area contributed by atoms with Crippen molar-refractivity contribution in [3.05, 3.63) is 16.3 Å². The lowest BCUT2D eigenvalue weighted by atomic mass is 10.4. The molecule has 10 heteroatoms. The molecule has 0 bridgehead atoms. The van der Waals surface area contributed by atoms with Crippen LogP contribution in [0.3, 0.4) is 0 Å². The molecule has 2 heterocycles. The maximum atomic E-state index is 12.5. The standard InChI is InChI=1S/C11H19N3O4S3/c1-12-8-10-7-11(9-19-10)21(17,18)14-5-3-13(4-6-14)20(2,15)16/h7,9,12H,3-6,8H2,1-2H3. The van der Waals surface area contributed by atoms with Crippen molar-refractivity contribution in [3.8, 4) is 0 Å². The Hall–Kier alpha value is -0.520. The number of hydrogen-bond acceptors (Lipinski definition) is 6. The van der Waals surface area contributed by atoms with E-state index in [0.29, 0.717) is 6.54 Å². The second kappa shape index (κ2) is 6.31. The van der Waals surface area contributed by atoms with E-state index in [1.807, 2.05) is 0 Å². The fourth-order valence-electron chi connectivity index (χ4n) is 2.15. The van der Waals surface area contributed by atoms with Gasteiger partial charge in [-0.15, -0.1) is 11.3 Å². The third kappa shape index (κ3) is 3.82. The Labute approximate surface area is 129 Å². The summed E-state index contributed by atoms with van der Waals surface area (Å²) in [5, 5.41) is 4.61. The number of thiophene rings is 1. The van der Waals surface area contributed by atoms with Gasteiger partial charge >= 0.3 is 0 Å². The van der Waals surface area contributed by atoms with E-state index in [4.69, 9.17) is 0 Å². The van der Waals surface area contributed by atoms with Gasteiger partial charge in [-0.2, -0.15) is 8.61 Å². The Kier molecular flexibility index (Phi) is 5.06. The van der Waals surface area contributed by atoms with Gasteiger partial charge in [0.15, 0.2) is 0 Å². The van der Waals surface area contributed by atoms with Crippen LogP contribution in [0.15, 0.2) is 16.3 Å². The molecule has 0 spiro atoms. The maximum Gasteiger partial charge on any atom is 0.243 e. The van der Waals surface area contributed by atoms with E-state index in [1.165, 1.54) is 19.9 Å². The molecule has 0 atom stereocenters. The summed E-state index contributed by atoms with van der Waals surface area (Å²) >= 11 is 1.40. The lowest BCUT2D eigenvalue weighted by Crippen LogP contribution is -2.50. The molecule has 2 rings (SSSR count). The Morgan fingerprint density at radius 3 is 2.24 bits per heavy atom. The number of nitrogens with zero attached hydrogens (tertiary/aromatic N) is 2. The summed E-state index contributed by atoms with van der Waals surface area (Å²) in [6.45, 7) is 1.40. The highest BCUT2D eigenvalue weighted by molar-refractivity contribution is 7.89. The maximum absolute atomic E-state index is 12.5. The van der Waals surface area contributed by atoms with Crippen molar-refractivity contribution in [2.45, 2.75) is 11.4 Å². The molecule has 0 unspecified atom stereocenters. The van der Waals surface area contributed by atoms with E-state index < -0.39 is 20.0 Å². The minimum Gasteiger partial charge on any atom is -0.315 e. The van der Waals surface area contributed by atoms with Crippen molar-refractivity contribution < 1.29 is 16.8 Å². The molecule has 1 aliphatic rings. The van der Waals surface area contributed by atoms with Crippen LogP contribution in [0.1, 0.15) is 4.88 Å². The van der Waals surface area contributed by atoms with E-state index in [2.05, 4.69) is 5.32 Å². The second-order valence-corrected chi connectivity index (χ2v) is 9.76. The number of piperazine rings is 1. The highest BCUT2D eigenvalue weighted by Crippen LogP contribution is 2.23. The van der Waals surface area contributed by atoms with Gasteiger partial charge in [-0.25, -0.2) is 16.8 Å². The molecular weight excluding hydrogens is 334 g/mol. The second-order valence-electron chi connectivity index (χ2n) is 4.85. The summed E-state index contributed by atoms with van der Waals surface area (Å²) < 4.78 is 50.5. The topological polar surface area (TPSA) is 86.8 Å². The average Bonchev–Trinajstić information content (AvgIpc) is 2.88. The Morgan fingerprint density at radius 1 is 1.14 bits per heavy atom.